The second kappa shape index (κ2) is 5.66. The molecule has 0 aromatic rings. The third kappa shape index (κ3) is 3.84. The lowest BCUT2D eigenvalue weighted by Crippen LogP contribution is -2.28. The first kappa shape index (κ1) is 11.9. The molecule has 0 aromatic heterocycles. The Balaban J connectivity index is 2.06. The van der Waals surface area contributed by atoms with E-state index in [1.165, 1.54) is 0 Å². The molecule has 2 atom stereocenters. The molecule has 15 heavy (non-hydrogen) atoms. The number of thioether (sulfide) groups is 1. The van der Waals surface area contributed by atoms with Crippen molar-refractivity contribution in [2.45, 2.75) is 6.42 Å². The lowest BCUT2D eigenvalue weighted by molar-refractivity contribution is -0.140. The van der Waals surface area contributed by atoms with E-state index in [1.807, 2.05) is 0 Å². The highest BCUT2D eigenvalue weighted by atomic mass is 32.2. The predicted molar refractivity (Wildman–Crippen MR) is 58.4 cm³/mol. The van der Waals surface area contributed by atoms with Crippen LogP contribution in [0.1, 0.15) is 6.42 Å². The van der Waals surface area contributed by atoms with Gasteiger partial charge in [-0.3, -0.25) is 9.59 Å². The summed E-state index contributed by atoms with van der Waals surface area (Å²) in [5, 5.41) is 11.3. The van der Waals surface area contributed by atoms with Gasteiger partial charge in [0.05, 0.1) is 17.6 Å². The van der Waals surface area contributed by atoms with Crippen molar-refractivity contribution in [3.05, 3.63) is 0 Å². The third-order valence-electron chi connectivity index (χ3n) is 2.18. The van der Waals surface area contributed by atoms with Gasteiger partial charge in [0.1, 0.15) is 0 Å². The molecular formula is C10H13NO3S. The van der Waals surface area contributed by atoms with Crippen molar-refractivity contribution >= 4 is 23.6 Å². The van der Waals surface area contributed by atoms with Gasteiger partial charge < -0.3 is 10.4 Å². The summed E-state index contributed by atoms with van der Waals surface area (Å²) in [6.07, 6.45) is 5.53. The first-order valence-electron chi connectivity index (χ1n) is 4.68. The van der Waals surface area contributed by atoms with E-state index in [2.05, 4.69) is 11.2 Å². The molecule has 1 amide bonds. The molecule has 0 heterocycles. The van der Waals surface area contributed by atoms with E-state index >= 15 is 0 Å². The zero-order valence-corrected chi connectivity index (χ0v) is 9.05. The SMILES string of the molecule is C#CCSCCNC(=O)[C@@H]1C[C@@H]1C(=O)O. The van der Waals surface area contributed by atoms with Crippen molar-refractivity contribution in [3.63, 3.8) is 0 Å². The number of hydrogen-bond acceptors (Lipinski definition) is 3. The van der Waals surface area contributed by atoms with Crippen LogP contribution in [0.15, 0.2) is 0 Å². The lowest BCUT2D eigenvalue weighted by atomic mass is 10.3. The Labute approximate surface area is 92.8 Å². The molecule has 0 spiro atoms. The van der Waals surface area contributed by atoms with Gasteiger partial charge >= 0.3 is 5.97 Å². The Morgan fingerprint density at radius 2 is 2.27 bits per heavy atom. The van der Waals surface area contributed by atoms with Crippen LogP contribution in [0.2, 0.25) is 0 Å². The second-order valence-electron chi connectivity index (χ2n) is 3.33. The van der Waals surface area contributed by atoms with Gasteiger partial charge in [-0.1, -0.05) is 5.92 Å². The zero-order valence-electron chi connectivity index (χ0n) is 8.23. The van der Waals surface area contributed by atoms with Crippen molar-refractivity contribution in [2.24, 2.45) is 11.8 Å². The summed E-state index contributed by atoms with van der Waals surface area (Å²) >= 11 is 1.57. The fourth-order valence-electron chi connectivity index (χ4n) is 1.27. The molecule has 1 rings (SSSR count). The highest BCUT2D eigenvalue weighted by molar-refractivity contribution is 7.99. The van der Waals surface area contributed by atoms with Crippen LogP contribution in [0.25, 0.3) is 0 Å². The van der Waals surface area contributed by atoms with Gasteiger partial charge in [0, 0.05) is 12.3 Å². The van der Waals surface area contributed by atoms with Gasteiger partial charge in [-0.25, -0.2) is 0 Å². The summed E-state index contributed by atoms with van der Waals surface area (Å²) in [6, 6.07) is 0. The van der Waals surface area contributed by atoms with Crippen LogP contribution in [0, 0.1) is 24.2 Å². The Morgan fingerprint density at radius 3 is 2.80 bits per heavy atom. The molecule has 2 N–H and O–H groups in total. The summed E-state index contributed by atoms with van der Waals surface area (Å²) < 4.78 is 0. The summed E-state index contributed by atoms with van der Waals surface area (Å²) in [6.45, 7) is 0.550. The minimum atomic E-state index is -0.878. The molecule has 0 bridgehead atoms. The minimum Gasteiger partial charge on any atom is -0.481 e. The number of nitrogens with one attached hydrogen (secondary N) is 1. The Hall–Kier alpha value is -1.15. The minimum absolute atomic E-state index is 0.149. The average Bonchev–Trinajstić information content (AvgIpc) is 2.96. The highest BCUT2D eigenvalue weighted by Crippen LogP contribution is 2.38. The van der Waals surface area contributed by atoms with E-state index in [0.29, 0.717) is 18.7 Å². The molecule has 1 aliphatic carbocycles. The van der Waals surface area contributed by atoms with Gasteiger partial charge in [0.2, 0.25) is 5.91 Å². The number of rotatable bonds is 6. The number of carbonyl (C=O) groups excluding carboxylic acids is 1. The van der Waals surface area contributed by atoms with Crippen molar-refractivity contribution in [1.82, 2.24) is 5.32 Å². The van der Waals surface area contributed by atoms with Gasteiger partial charge in [-0.15, -0.1) is 18.2 Å². The number of carbonyl (C=O) groups is 2. The van der Waals surface area contributed by atoms with Crippen LogP contribution in [0.3, 0.4) is 0 Å². The summed E-state index contributed by atoms with van der Waals surface area (Å²) in [7, 11) is 0. The Bertz CT molecular complexity index is 298. The fourth-order valence-corrected chi connectivity index (χ4v) is 1.77. The van der Waals surface area contributed by atoms with Gasteiger partial charge in [0.25, 0.3) is 0 Å². The predicted octanol–water partition coefficient (Wildman–Crippen LogP) is 0.190. The maximum Gasteiger partial charge on any atom is 0.307 e. The van der Waals surface area contributed by atoms with Crippen LogP contribution in [0.5, 0.6) is 0 Å². The quantitative estimate of drug-likeness (QED) is 0.502. The largest absolute Gasteiger partial charge is 0.481 e. The molecule has 1 aliphatic rings. The number of carboxylic acids is 1. The number of amides is 1. The molecule has 0 aromatic carbocycles. The maximum atomic E-state index is 11.3. The molecule has 0 unspecified atom stereocenters. The lowest BCUT2D eigenvalue weighted by Gasteiger charge is -2.02. The number of aliphatic carboxylic acids is 1. The standard InChI is InChI=1S/C10H13NO3S/c1-2-4-15-5-3-11-9(12)7-6-8(7)10(13)14/h1,7-8H,3-6H2,(H,11,12)(H,13,14)/t7-,8+/m1/s1. The monoisotopic (exact) mass is 227 g/mol. The Kier molecular flexibility index (Phi) is 4.50. The van der Waals surface area contributed by atoms with E-state index < -0.39 is 11.9 Å². The van der Waals surface area contributed by atoms with E-state index in [1.54, 1.807) is 11.8 Å². The topological polar surface area (TPSA) is 66.4 Å². The molecule has 4 nitrogen and oxygen atoms in total. The maximum absolute atomic E-state index is 11.3. The molecule has 0 saturated heterocycles. The smallest absolute Gasteiger partial charge is 0.307 e. The van der Waals surface area contributed by atoms with Crippen LogP contribution in [-0.4, -0.2) is 35.0 Å². The molecule has 0 radical (unpaired) electrons. The molecule has 82 valence electrons. The van der Waals surface area contributed by atoms with E-state index in [4.69, 9.17) is 11.5 Å². The third-order valence-corrected chi connectivity index (χ3v) is 3.04. The number of terminal acetylenes is 1. The van der Waals surface area contributed by atoms with E-state index in [0.717, 1.165) is 5.75 Å². The summed E-state index contributed by atoms with van der Waals surface area (Å²) in [5.74, 6) is 2.07. The first-order valence-corrected chi connectivity index (χ1v) is 5.84. The van der Waals surface area contributed by atoms with Gasteiger partial charge in [-0.2, -0.15) is 0 Å². The molecule has 0 aliphatic heterocycles. The second-order valence-corrected chi connectivity index (χ2v) is 4.44. The molecule has 1 saturated carbocycles. The van der Waals surface area contributed by atoms with Crippen molar-refractivity contribution in [2.75, 3.05) is 18.1 Å². The zero-order chi connectivity index (χ0) is 11.3. The van der Waals surface area contributed by atoms with Gasteiger partial charge in [-0.05, 0) is 6.42 Å². The summed E-state index contributed by atoms with van der Waals surface area (Å²) in [4.78, 5) is 21.8. The van der Waals surface area contributed by atoms with E-state index in [9.17, 15) is 9.59 Å². The normalized spacial score (nSPS) is 22.9. The molecule has 1 fully saturated rings. The average molecular weight is 227 g/mol. The van der Waals surface area contributed by atoms with Crippen LogP contribution < -0.4 is 5.32 Å². The fraction of sp³-hybridized carbons (Fsp3) is 0.600. The van der Waals surface area contributed by atoms with E-state index in [-0.39, 0.29) is 11.8 Å². The highest BCUT2D eigenvalue weighted by Gasteiger charge is 2.48. The first-order chi connectivity index (χ1) is 7.16. The number of hydrogen-bond donors (Lipinski definition) is 2. The molecular weight excluding hydrogens is 214 g/mol. The Morgan fingerprint density at radius 1 is 1.53 bits per heavy atom. The molecule has 5 heteroatoms. The van der Waals surface area contributed by atoms with Crippen molar-refractivity contribution < 1.29 is 14.7 Å². The number of carboxylic acid groups (broad SMARTS) is 1. The van der Waals surface area contributed by atoms with Crippen LogP contribution >= 0.6 is 11.8 Å². The van der Waals surface area contributed by atoms with Gasteiger partial charge in [0.15, 0.2) is 0 Å². The van der Waals surface area contributed by atoms with Crippen LogP contribution in [0.4, 0.5) is 0 Å². The van der Waals surface area contributed by atoms with Crippen LogP contribution in [-0.2, 0) is 9.59 Å². The van der Waals surface area contributed by atoms with Crippen molar-refractivity contribution in [1.29, 1.82) is 0 Å². The summed E-state index contributed by atoms with van der Waals surface area (Å²) in [5.41, 5.74) is 0. The van der Waals surface area contributed by atoms with Crippen molar-refractivity contribution in [3.8, 4) is 12.3 Å².